The molecule has 0 aliphatic carbocycles. The van der Waals surface area contributed by atoms with E-state index in [9.17, 15) is 4.57 Å². The summed E-state index contributed by atoms with van der Waals surface area (Å²) in [7, 11) is -3.06. The van der Waals surface area contributed by atoms with Crippen LogP contribution in [-0.4, -0.2) is 4.98 Å². The number of furan rings is 2. The second-order valence-corrected chi connectivity index (χ2v) is 16.9. The predicted molar refractivity (Wildman–Crippen MR) is 232 cm³/mol. The van der Waals surface area contributed by atoms with Crippen molar-refractivity contribution in [2.75, 3.05) is 0 Å². The van der Waals surface area contributed by atoms with Gasteiger partial charge in [0.15, 0.2) is 12.7 Å². The first-order valence-electron chi connectivity index (χ1n) is 18.7. The molecule has 0 unspecified atom stereocenters. The first kappa shape index (κ1) is 32.4. The van der Waals surface area contributed by atoms with E-state index >= 15 is 0 Å². The Kier molecular flexibility index (Phi) is 7.42. The Morgan fingerprint density at radius 2 is 0.911 bits per heavy atom. The number of pyridine rings is 1. The van der Waals surface area contributed by atoms with Crippen LogP contribution < -0.4 is 15.9 Å². The Labute approximate surface area is 322 Å². The number of para-hydroxylation sites is 2. The molecule has 0 aliphatic heterocycles. The summed E-state index contributed by atoms with van der Waals surface area (Å²) in [4.78, 5) is 5.34. The minimum atomic E-state index is -3.06. The smallest absolute Gasteiger partial charge is 0.171 e. The van der Waals surface area contributed by atoms with E-state index in [0.717, 1.165) is 104 Å². The van der Waals surface area contributed by atoms with Gasteiger partial charge in [-0.05, 0) is 46.5 Å². The van der Waals surface area contributed by atoms with Gasteiger partial charge in [0.25, 0.3) is 0 Å². The molecule has 11 rings (SSSR count). The lowest BCUT2D eigenvalue weighted by Gasteiger charge is -2.20. The minimum absolute atomic E-state index is 0.768. The van der Waals surface area contributed by atoms with Crippen LogP contribution in [0, 0.1) is 0 Å². The van der Waals surface area contributed by atoms with E-state index < -0.39 is 7.14 Å². The molecule has 0 saturated carbocycles. The largest absolute Gasteiger partial charge is 0.456 e. The van der Waals surface area contributed by atoms with Crippen LogP contribution in [0.4, 0.5) is 0 Å². The Morgan fingerprint density at radius 3 is 1.59 bits per heavy atom. The molecule has 8 aromatic carbocycles. The lowest BCUT2D eigenvalue weighted by Crippen LogP contribution is -2.24. The number of aromatic nitrogens is 1. The first-order valence-corrected chi connectivity index (χ1v) is 20.4. The minimum Gasteiger partial charge on any atom is -0.456 e. The van der Waals surface area contributed by atoms with E-state index in [1.165, 1.54) is 0 Å². The average Bonchev–Trinajstić information content (AvgIpc) is 3.86. The summed E-state index contributed by atoms with van der Waals surface area (Å²) >= 11 is 0. The molecule has 56 heavy (non-hydrogen) atoms. The van der Waals surface area contributed by atoms with Crippen LogP contribution in [-0.2, 0) is 4.57 Å². The fraction of sp³-hybridized carbons (Fsp3) is 0. The van der Waals surface area contributed by atoms with Crippen LogP contribution in [0.5, 0.6) is 0 Å². The number of fused-ring (bicyclic) bond motifs is 8. The number of nitrogens with zero attached hydrogens (tertiary/aromatic N) is 1. The molecular formula is C51H32NO3P. The summed E-state index contributed by atoms with van der Waals surface area (Å²) in [6.45, 7) is 0. The summed E-state index contributed by atoms with van der Waals surface area (Å²) in [6.07, 6.45) is 0. The number of hydrogen-bond donors (Lipinski definition) is 0. The monoisotopic (exact) mass is 737 g/mol. The van der Waals surface area contributed by atoms with Gasteiger partial charge in [0.2, 0.25) is 0 Å². The molecule has 0 N–H and O–H groups in total. The topological polar surface area (TPSA) is 56.2 Å². The Hall–Kier alpha value is -7.00. The van der Waals surface area contributed by atoms with Crippen molar-refractivity contribution in [1.29, 1.82) is 0 Å². The van der Waals surface area contributed by atoms with E-state index in [4.69, 9.17) is 13.8 Å². The van der Waals surface area contributed by atoms with Gasteiger partial charge in [0, 0.05) is 48.4 Å². The maximum absolute atomic E-state index is 14.9. The molecule has 4 nitrogen and oxygen atoms in total. The van der Waals surface area contributed by atoms with Crippen molar-refractivity contribution in [1.82, 2.24) is 4.98 Å². The van der Waals surface area contributed by atoms with Gasteiger partial charge in [-0.15, -0.1) is 0 Å². The van der Waals surface area contributed by atoms with Crippen LogP contribution in [0.2, 0.25) is 0 Å². The fourth-order valence-electron chi connectivity index (χ4n) is 8.27. The molecule has 0 bridgehead atoms. The third-order valence-electron chi connectivity index (χ3n) is 11.0. The van der Waals surface area contributed by atoms with Crippen molar-refractivity contribution in [2.24, 2.45) is 0 Å². The standard InChI is InChI=1S/C51H32NO3P/c53-56(37-12-3-1-4-13-37,38-14-5-2-6-15-38)39-29-26-34(27-30-39)33-22-24-35(25-23-33)50-51-49(43-17-8-10-20-46(43)55-51)41-31-28-36(32-44(41)52-50)40-18-11-21-47-48(40)42-16-7-9-19-45(42)54-47/h1-32H. The van der Waals surface area contributed by atoms with Crippen molar-refractivity contribution in [3.8, 4) is 33.5 Å². The van der Waals surface area contributed by atoms with E-state index in [0.29, 0.717) is 0 Å². The number of benzene rings is 8. The summed E-state index contributed by atoms with van der Waals surface area (Å²) in [5.74, 6) is 0. The highest BCUT2D eigenvalue weighted by Crippen LogP contribution is 2.44. The van der Waals surface area contributed by atoms with Gasteiger partial charge in [-0.1, -0.05) is 170 Å². The third-order valence-corrected chi connectivity index (χ3v) is 14.1. The van der Waals surface area contributed by atoms with E-state index in [2.05, 4.69) is 91.0 Å². The van der Waals surface area contributed by atoms with Gasteiger partial charge in [-0.3, -0.25) is 0 Å². The summed E-state index contributed by atoms with van der Waals surface area (Å²) in [6, 6.07) is 65.4. The quantitative estimate of drug-likeness (QED) is 0.159. The van der Waals surface area contributed by atoms with Gasteiger partial charge >= 0.3 is 0 Å². The van der Waals surface area contributed by atoms with Crippen LogP contribution >= 0.6 is 7.14 Å². The highest BCUT2D eigenvalue weighted by atomic mass is 31.2. The molecule has 11 aromatic rings. The summed E-state index contributed by atoms with van der Waals surface area (Å²) in [5.41, 5.74) is 10.3. The summed E-state index contributed by atoms with van der Waals surface area (Å²) < 4.78 is 27.7. The zero-order chi connectivity index (χ0) is 37.2. The van der Waals surface area contributed by atoms with Crippen molar-refractivity contribution >= 4 is 77.8 Å². The SMILES string of the molecule is O=P(c1ccccc1)(c1ccccc1)c1ccc(-c2ccc(-c3nc4cc(-c5cccc6oc7ccccc7c56)ccc4c4c3oc3ccccc34)cc2)cc1. The molecule has 0 spiro atoms. The zero-order valence-corrected chi connectivity index (χ0v) is 31.0. The van der Waals surface area contributed by atoms with E-state index in [-0.39, 0.29) is 0 Å². The average molecular weight is 738 g/mol. The summed E-state index contributed by atoms with van der Waals surface area (Å²) in [5, 5.41) is 7.81. The second kappa shape index (κ2) is 12.8. The molecular weight excluding hydrogens is 706 g/mol. The highest BCUT2D eigenvalue weighted by Gasteiger charge is 2.29. The Bertz CT molecular complexity index is 3270. The lowest BCUT2D eigenvalue weighted by atomic mass is 9.96. The maximum atomic E-state index is 14.9. The Morgan fingerprint density at radius 1 is 0.393 bits per heavy atom. The normalized spacial score (nSPS) is 12.0. The van der Waals surface area contributed by atoms with Crippen LogP contribution in [0.25, 0.3) is 88.3 Å². The van der Waals surface area contributed by atoms with Crippen LogP contribution in [0.15, 0.2) is 203 Å². The molecule has 0 aliphatic rings. The molecule has 264 valence electrons. The molecule has 0 amide bonds. The van der Waals surface area contributed by atoms with Gasteiger partial charge in [0.05, 0.1) is 5.52 Å². The zero-order valence-electron chi connectivity index (χ0n) is 30.1. The van der Waals surface area contributed by atoms with Crippen molar-refractivity contribution in [3.05, 3.63) is 194 Å². The van der Waals surface area contributed by atoms with Crippen molar-refractivity contribution in [3.63, 3.8) is 0 Å². The predicted octanol–water partition coefficient (Wildman–Crippen LogP) is 12.7. The van der Waals surface area contributed by atoms with Gasteiger partial charge < -0.3 is 13.4 Å². The maximum Gasteiger partial charge on any atom is 0.171 e. The molecule has 0 saturated heterocycles. The van der Waals surface area contributed by atoms with Crippen LogP contribution in [0.1, 0.15) is 0 Å². The molecule has 0 fully saturated rings. The van der Waals surface area contributed by atoms with Gasteiger partial charge in [-0.25, -0.2) is 4.98 Å². The van der Waals surface area contributed by atoms with Crippen molar-refractivity contribution < 1.29 is 13.4 Å². The lowest BCUT2D eigenvalue weighted by molar-refractivity contribution is 0.592. The molecule has 3 aromatic heterocycles. The first-order chi connectivity index (χ1) is 27.6. The Balaban J connectivity index is 1.02. The second-order valence-electron chi connectivity index (χ2n) is 14.2. The van der Waals surface area contributed by atoms with Gasteiger partial charge in [0.1, 0.15) is 22.4 Å². The van der Waals surface area contributed by atoms with E-state index in [1.54, 1.807) is 0 Å². The highest BCUT2D eigenvalue weighted by molar-refractivity contribution is 7.85. The van der Waals surface area contributed by atoms with Crippen molar-refractivity contribution in [2.45, 2.75) is 0 Å². The fourth-order valence-corrected chi connectivity index (χ4v) is 10.9. The number of hydrogen-bond acceptors (Lipinski definition) is 4. The third kappa shape index (κ3) is 5.07. The van der Waals surface area contributed by atoms with Crippen LogP contribution in [0.3, 0.4) is 0 Å². The number of rotatable bonds is 6. The molecule has 3 heterocycles. The molecule has 5 heteroatoms. The van der Waals surface area contributed by atoms with E-state index in [1.807, 2.05) is 103 Å². The molecule has 0 atom stereocenters. The van der Waals surface area contributed by atoms with Gasteiger partial charge in [-0.2, -0.15) is 0 Å². The molecule has 0 radical (unpaired) electrons.